The van der Waals surface area contributed by atoms with E-state index in [0.29, 0.717) is 13.0 Å². The van der Waals surface area contributed by atoms with Gasteiger partial charge in [-0.2, -0.15) is 4.31 Å². The van der Waals surface area contributed by atoms with Crippen molar-refractivity contribution >= 4 is 37.8 Å². The lowest BCUT2D eigenvalue weighted by Gasteiger charge is -2.32. The number of sulfonamides is 1. The average Bonchev–Trinajstić information content (AvgIpc) is 2.88. The van der Waals surface area contributed by atoms with E-state index in [0.717, 1.165) is 25.5 Å². The number of rotatable bonds is 11. The van der Waals surface area contributed by atoms with Crippen molar-refractivity contribution in [1.82, 2.24) is 14.5 Å². The molecule has 196 valence electrons. The summed E-state index contributed by atoms with van der Waals surface area (Å²) in [5.41, 5.74) is 2.65. The van der Waals surface area contributed by atoms with Crippen molar-refractivity contribution in [2.75, 3.05) is 20.1 Å². The molecule has 7 nitrogen and oxygen atoms in total. The SMILES string of the molecule is CCNC(=O)C(Cc1ccccc1)N(Cc1ccc(Br)cc1)C(=O)CN(C)S(=O)(=O)c1ccc(C)cc1. The molecule has 9 heteroatoms. The number of hydrogen-bond donors (Lipinski definition) is 1. The molecule has 0 fully saturated rings. The molecule has 0 aliphatic carbocycles. The summed E-state index contributed by atoms with van der Waals surface area (Å²) in [6.45, 7) is 3.85. The van der Waals surface area contributed by atoms with Crippen LogP contribution in [0.2, 0.25) is 0 Å². The van der Waals surface area contributed by atoms with Crippen LogP contribution in [0.25, 0.3) is 0 Å². The van der Waals surface area contributed by atoms with E-state index in [-0.39, 0.29) is 17.3 Å². The second kappa shape index (κ2) is 13.0. The minimum Gasteiger partial charge on any atom is -0.355 e. The predicted octanol–water partition coefficient (Wildman–Crippen LogP) is 4.15. The second-order valence-electron chi connectivity index (χ2n) is 8.82. The Labute approximate surface area is 227 Å². The average molecular weight is 587 g/mol. The lowest BCUT2D eigenvalue weighted by atomic mass is 10.0. The predicted molar refractivity (Wildman–Crippen MR) is 148 cm³/mol. The van der Waals surface area contributed by atoms with Gasteiger partial charge in [-0.1, -0.05) is 76.1 Å². The molecule has 3 rings (SSSR count). The Balaban J connectivity index is 1.94. The molecule has 0 aliphatic rings. The Morgan fingerprint density at radius 3 is 2.14 bits per heavy atom. The Morgan fingerprint density at radius 2 is 1.54 bits per heavy atom. The number of nitrogens with zero attached hydrogens (tertiary/aromatic N) is 2. The Bertz CT molecular complexity index is 1300. The molecule has 0 spiro atoms. The maximum atomic E-state index is 13.7. The number of carbonyl (C=O) groups is 2. The number of halogens is 1. The van der Waals surface area contributed by atoms with Crippen LogP contribution in [0.15, 0.2) is 88.2 Å². The van der Waals surface area contributed by atoms with E-state index in [4.69, 9.17) is 0 Å². The van der Waals surface area contributed by atoms with Crippen LogP contribution < -0.4 is 5.32 Å². The number of hydrogen-bond acceptors (Lipinski definition) is 4. The van der Waals surface area contributed by atoms with Crippen LogP contribution in [0, 0.1) is 6.92 Å². The van der Waals surface area contributed by atoms with Gasteiger partial charge in [0, 0.05) is 31.0 Å². The highest BCUT2D eigenvalue weighted by molar-refractivity contribution is 9.10. The third-order valence-electron chi connectivity index (χ3n) is 5.98. The van der Waals surface area contributed by atoms with Crippen molar-refractivity contribution in [2.45, 2.75) is 37.8 Å². The summed E-state index contributed by atoms with van der Waals surface area (Å²) >= 11 is 3.42. The molecule has 0 bridgehead atoms. The van der Waals surface area contributed by atoms with Gasteiger partial charge in [-0.05, 0) is 49.2 Å². The first-order valence-electron chi connectivity index (χ1n) is 12.0. The molecule has 0 saturated heterocycles. The van der Waals surface area contributed by atoms with E-state index in [1.165, 1.54) is 24.1 Å². The highest BCUT2D eigenvalue weighted by atomic mass is 79.9. The molecular formula is C28H32BrN3O4S. The van der Waals surface area contributed by atoms with Gasteiger partial charge < -0.3 is 10.2 Å². The van der Waals surface area contributed by atoms with Crippen LogP contribution in [0.3, 0.4) is 0 Å². The van der Waals surface area contributed by atoms with Gasteiger partial charge in [0.05, 0.1) is 11.4 Å². The van der Waals surface area contributed by atoms with Crippen LogP contribution in [0.4, 0.5) is 0 Å². The largest absolute Gasteiger partial charge is 0.355 e. The Kier molecular flexibility index (Phi) is 10.0. The third kappa shape index (κ3) is 7.74. The summed E-state index contributed by atoms with van der Waals surface area (Å²) in [5, 5.41) is 2.84. The molecule has 3 aromatic carbocycles. The fourth-order valence-electron chi connectivity index (χ4n) is 3.89. The molecule has 0 aliphatic heterocycles. The van der Waals surface area contributed by atoms with Gasteiger partial charge in [0.15, 0.2) is 0 Å². The number of carbonyl (C=O) groups excluding carboxylic acids is 2. The lowest BCUT2D eigenvalue weighted by Crippen LogP contribution is -2.53. The second-order valence-corrected chi connectivity index (χ2v) is 11.8. The normalized spacial score (nSPS) is 12.2. The smallest absolute Gasteiger partial charge is 0.243 e. The summed E-state index contributed by atoms with van der Waals surface area (Å²) in [5.74, 6) is -0.755. The Hall–Kier alpha value is -3.01. The van der Waals surface area contributed by atoms with Crippen molar-refractivity contribution in [3.05, 3.63) is 100 Å². The van der Waals surface area contributed by atoms with E-state index >= 15 is 0 Å². The molecule has 0 radical (unpaired) electrons. The van der Waals surface area contributed by atoms with Gasteiger partial charge in [-0.3, -0.25) is 9.59 Å². The number of benzene rings is 3. The first kappa shape index (κ1) is 28.6. The van der Waals surface area contributed by atoms with Crippen molar-refractivity contribution in [2.24, 2.45) is 0 Å². The van der Waals surface area contributed by atoms with Crippen LogP contribution in [-0.2, 0) is 32.6 Å². The zero-order valence-corrected chi connectivity index (χ0v) is 23.6. The summed E-state index contributed by atoms with van der Waals surface area (Å²) < 4.78 is 28.3. The molecule has 2 amide bonds. The maximum absolute atomic E-state index is 13.7. The van der Waals surface area contributed by atoms with Crippen LogP contribution in [0.5, 0.6) is 0 Å². The zero-order chi connectivity index (χ0) is 27.0. The van der Waals surface area contributed by atoms with Gasteiger partial charge in [0.1, 0.15) is 6.04 Å². The highest BCUT2D eigenvalue weighted by Crippen LogP contribution is 2.19. The molecule has 1 unspecified atom stereocenters. The molecule has 1 N–H and O–H groups in total. The van der Waals surface area contributed by atoms with E-state index in [9.17, 15) is 18.0 Å². The number of nitrogens with one attached hydrogen (secondary N) is 1. The molecule has 0 heterocycles. The number of amides is 2. The van der Waals surface area contributed by atoms with Crippen molar-refractivity contribution in [1.29, 1.82) is 0 Å². The van der Waals surface area contributed by atoms with Gasteiger partial charge in [-0.25, -0.2) is 8.42 Å². The summed E-state index contributed by atoms with van der Waals surface area (Å²) in [6, 6.07) is 22.6. The molecule has 3 aromatic rings. The first-order chi connectivity index (χ1) is 17.6. The van der Waals surface area contributed by atoms with Crippen LogP contribution >= 0.6 is 15.9 Å². The summed E-state index contributed by atoms with van der Waals surface area (Å²) in [7, 11) is -2.52. The first-order valence-corrected chi connectivity index (χ1v) is 14.2. The van der Waals surface area contributed by atoms with E-state index in [1.54, 1.807) is 12.1 Å². The standard InChI is InChI=1S/C28H32BrN3O4S/c1-4-30-28(34)26(18-22-8-6-5-7-9-22)32(19-23-12-14-24(29)15-13-23)27(33)20-31(3)37(35,36)25-16-10-21(2)11-17-25/h5-17,26H,4,18-20H2,1-3H3,(H,30,34). The van der Waals surface area contributed by atoms with Crippen molar-refractivity contribution in [3.63, 3.8) is 0 Å². The summed E-state index contributed by atoms with van der Waals surface area (Å²) in [4.78, 5) is 28.5. The molecule has 1 atom stereocenters. The minimum atomic E-state index is -3.90. The van der Waals surface area contributed by atoms with Crippen molar-refractivity contribution in [3.8, 4) is 0 Å². The minimum absolute atomic E-state index is 0.109. The van der Waals surface area contributed by atoms with Crippen molar-refractivity contribution < 1.29 is 18.0 Å². The van der Waals surface area contributed by atoms with Crippen LogP contribution in [-0.4, -0.2) is 55.6 Å². The summed E-state index contributed by atoms with van der Waals surface area (Å²) in [6.07, 6.45) is 0.295. The van der Waals surface area contributed by atoms with Gasteiger partial charge >= 0.3 is 0 Å². The van der Waals surface area contributed by atoms with E-state index in [1.807, 2.05) is 68.4 Å². The molecule has 37 heavy (non-hydrogen) atoms. The number of aryl methyl sites for hydroxylation is 1. The fourth-order valence-corrected chi connectivity index (χ4v) is 5.27. The van der Waals surface area contributed by atoms with E-state index in [2.05, 4.69) is 21.2 Å². The van der Waals surface area contributed by atoms with E-state index < -0.39 is 28.5 Å². The van der Waals surface area contributed by atoms with Crippen LogP contribution in [0.1, 0.15) is 23.6 Å². The molecule has 0 saturated carbocycles. The van der Waals surface area contributed by atoms with Gasteiger partial charge in [-0.15, -0.1) is 0 Å². The number of likely N-dealkylation sites (N-methyl/N-ethyl adjacent to an activating group) is 2. The Morgan fingerprint density at radius 1 is 0.919 bits per heavy atom. The lowest BCUT2D eigenvalue weighted by molar-refractivity contribution is -0.141. The highest BCUT2D eigenvalue weighted by Gasteiger charge is 2.32. The monoisotopic (exact) mass is 585 g/mol. The zero-order valence-electron chi connectivity index (χ0n) is 21.2. The molecular weight excluding hydrogens is 554 g/mol. The fraction of sp³-hybridized carbons (Fsp3) is 0.286. The third-order valence-corrected chi connectivity index (χ3v) is 8.32. The molecule has 0 aromatic heterocycles. The topological polar surface area (TPSA) is 86.8 Å². The quantitative estimate of drug-likeness (QED) is 0.366. The van der Waals surface area contributed by atoms with Gasteiger partial charge in [0.2, 0.25) is 21.8 Å². The maximum Gasteiger partial charge on any atom is 0.243 e. The van der Waals surface area contributed by atoms with Gasteiger partial charge in [0.25, 0.3) is 0 Å².